The lowest BCUT2D eigenvalue weighted by Gasteiger charge is -2.28. The van der Waals surface area contributed by atoms with Crippen molar-refractivity contribution < 1.29 is 38.1 Å². The van der Waals surface area contributed by atoms with Crippen LogP contribution in [0.2, 0.25) is 0 Å². The normalized spacial score (nSPS) is 13.2. The molecule has 0 aliphatic carbocycles. The lowest BCUT2D eigenvalue weighted by Crippen LogP contribution is -2.57. The molecule has 0 fully saturated rings. The average molecular weight is 510 g/mol. The van der Waals surface area contributed by atoms with Gasteiger partial charge in [-0.05, 0) is 47.1 Å². The molecule has 1 aromatic carbocycles. The average Bonchev–Trinajstić information content (AvgIpc) is 2.80. The quantitative estimate of drug-likeness (QED) is 0.362. The maximum Gasteiger partial charge on any atom is 0.408 e. The highest BCUT2D eigenvalue weighted by atomic mass is 16.6. The van der Waals surface area contributed by atoms with Crippen molar-refractivity contribution in [1.29, 1.82) is 0 Å². The highest BCUT2D eigenvalue weighted by Crippen LogP contribution is 2.10. The Balaban J connectivity index is 2.92. The molecule has 0 spiro atoms. The number of nitrogens with one attached hydrogen (secondary N) is 3. The summed E-state index contributed by atoms with van der Waals surface area (Å²) < 4.78 is 21.1. The van der Waals surface area contributed by atoms with Crippen LogP contribution in [0.4, 0.5) is 4.79 Å². The van der Waals surface area contributed by atoms with E-state index in [2.05, 4.69) is 20.7 Å². The van der Waals surface area contributed by atoms with E-state index in [1.54, 1.807) is 53.7 Å². The third kappa shape index (κ3) is 13.6. The van der Waals surface area contributed by atoms with Gasteiger partial charge in [-0.3, -0.25) is 14.4 Å². The first-order valence-electron chi connectivity index (χ1n) is 11.6. The Morgan fingerprint density at radius 1 is 0.806 bits per heavy atom. The predicted molar refractivity (Wildman–Crippen MR) is 132 cm³/mol. The molecule has 36 heavy (non-hydrogen) atoms. The lowest BCUT2D eigenvalue weighted by molar-refractivity contribution is -0.142. The van der Waals surface area contributed by atoms with Crippen molar-refractivity contribution in [2.24, 2.45) is 0 Å². The number of methoxy groups -OCH3 is 1. The molecule has 202 valence electrons. The Morgan fingerprint density at radius 2 is 1.33 bits per heavy atom. The highest BCUT2D eigenvalue weighted by molar-refractivity contribution is 5.92. The van der Waals surface area contributed by atoms with Gasteiger partial charge in [-0.25, -0.2) is 4.79 Å². The van der Waals surface area contributed by atoms with E-state index in [1.807, 2.05) is 18.2 Å². The number of hydrogen-bond donors (Lipinski definition) is 3. The Labute approximate surface area is 212 Å². The molecule has 3 N–H and O–H groups in total. The van der Waals surface area contributed by atoms with Gasteiger partial charge in [0.15, 0.2) is 0 Å². The van der Waals surface area contributed by atoms with Gasteiger partial charge in [0.2, 0.25) is 11.8 Å². The van der Waals surface area contributed by atoms with Crippen LogP contribution in [0.3, 0.4) is 0 Å². The predicted octanol–water partition coefficient (Wildman–Crippen LogP) is 1.69. The van der Waals surface area contributed by atoms with Gasteiger partial charge in [0.05, 0.1) is 31.5 Å². The molecule has 0 saturated carbocycles. The van der Waals surface area contributed by atoms with E-state index in [0.717, 1.165) is 5.56 Å². The fraction of sp³-hybridized carbons (Fsp3) is 0.600. The molecule has 0 aromatic heterocycles. The second-order valence-corrected chi connectivity index (χ2v) is 9.96. The van der Waals surface area contributed by atoms with Gasteiger partial charge in [-0.15, -0.1) is 0 Å². The monoisotopic (exact) mass is 509 g/mol. The zero-order valence-electron chi connectivity index (χ0n) is 22.1. The maximum atomic E-state index is 13.1. The van der Waals surface area contributed by atoms with E-state index >= 15 is 0 Å². The first-order chi connectivity index (χ1) is 16.7. The number of esters is 1. The fourth-order valence-corrected chi connectivity index (χ4v) is 2.57. The van der Waals surface area contributed by atoms with Crippen LogP contribution in [0.1, 0.15) is 47.1 Å². The molecule has 0 bridgehead atoms. The summed E-state index contributed by atoms with van der Waals surface area (Å²) in [5, 5.41) is 7.46. The van der Waals surface area contributed by atoms with Crippen LogP contribution < -0.4 is 16.0 Å². The third-order valence-electron chi connectivity index (χ3n) is 4.45. The standard InChI is InChI=1S/C25H39N3O8/c1-24(2,3)35-15-18(21(30)26-13-20(29)33-7)27-22(31)19(16-36-25(4,5)6)28-23(32)34-14-17-11-9-8-10-12-17/h8-12,18-19H,13-16H2,1-7H3,(H,26,30)(H,27,31)(H,28,32)/t18-,19-/m0/s1. The zero-order chi connectivity index (χ0) is 27.4. The summed E-state index contributed by atoms with van der Waals surface area (Å²) in [7, 11) is 1.19. The summed E-state index contributed by atoms with van der Waals surface area (Å²) in [4.78, 5) is 49.6. The Morgan fingerprint density at radius 3 is 1.83 bits per heavy atom. The van der Waals surface area contributed by atoms with Crippen molar-refractivity contribution in [3.63, 3.8) is 0 Å². The summed E-state index contributed by atoms with van der Waals surface area (Å²) in [6, 6.07) is 6.75. The third-order valence-corrected chi connectivity index (χ3v) is 4.45. The molecule has 0 heterocycles. The first kappa shape index (κ1) is 30.9. The molecule has 0 radical (unpaired) electrons. The molecule has 11 nitrogen and oxygen atoms in total. The van der Waals surface area contributed by atoms with E-state index in [-0.39, 0.29) is 26.4 Å². The van der Waals surface area contributed by atoms with Gasteiger partial charge in [0, 0.05) is 0 Å². The minimum atomic E-state index is -1.17. The second-order valence-electron chi connectivity index (χ2n) is 9.96. The summed E-state index contributed by atoms with van der Waals surface area (Å²) in [5.74, 6) is -1.99. The van der Waals surface area contributed by atoms with Crippen molar-refractivity contribution >= 4 is 23.9 Å². The van der Waals surface area contributed by atoms with Crippen LogP contribution in [0.15, 0.2) is 30.3 Å². The molecule has 3 amide bonds. The van der Waals surface area contributed by atoms with Gasteiger partial charge >= 0.3 is 12.1 Å². The van der Waals surface area contributed by atoms with Crippen LogP contribution in [0.5, 0.6) is 0 Å². The number of ether oxygens (including phenoxy) is 4. The summed E-state index contributed by atoms with van der Waals surface area (Å²) in [5.41, 5.74) is -0.415. The maximum absolute atomic E-state index is 13.1. The van der Waals surface area contributed by atoms with E-state index < -0.39 is 47.2 Å². The number of rotatable bonds is 12. The van der Waals surface area contributed by atoms with Crippen LogP contribution in [-0.2, 0) is 39.9 Å². The van der Waals surface area contributed by atoms with Crippen molar-refractivity contribution in [3.8, 4) is 0 Å². The number of benzene rings is 1. The summed E-state index contributed by atoms with van der Waals surface area (Å²) in [6.07, 6.45) is -0.825. The van der Waals surface area contributed by atoms with Crippen molar-refractivity contribution in [1.82, 2.24) is 16.0 Å². The summed E-state index contributed by atoms with van der Waals surface area (Å²) in [6.45, 7) is 10.1. The Kier molecular flexibility index (Phi) is 12.3. The van der Waals surface area contributed by atoms with Crippen molar-refractivity contribution in [2.45, 2.75) is 71.4 Å². The molecule has 0 aliphatic rings. The van der Waals surface area contributed by atoms with Gasteiger partial charge in [0.25, 0.3) is 0 Å². The molecule has 2 atom stereocenters. The molecular weight excluding hydrogens is 470 g/mol. The van der Waals surface area contributed by atoms with E-state index in [4.69, 9.17) is 14.2 Å². The number of carbonyl (C=O) groups is 4. The fourth-order valence-electron chi connectivity index (χ4n) is 2.57. The molecule has 0 unspecified atom stereocenters. The molecule has 1 rings (SSSR count). The molecule has 11 heteroatoms. The second kappa shape index (κ2) is 14.4. The largest absolute Gasteiger partial charge is 0.468 e. The van der Waals surface area contributed by atoms with Gasteiger partial charge in [-0.1, -0.05) is 30.3 Å². The van der Waals surface area contributed by atoms with Crippen LogP contribution >= 0.6 is 0 Å². The minimum absolute atomic E-state index is 0.0130. The topological polar surface area (TPSA) is 141 Å². The van der Waals surface area contributed by atoms with Crippen LogP contribution in [-0.4, -0.2) is 74.0 Å². The van der Waals surface area contributed by atoms with E-state index in [9.17, 15) is 19.2 Å². The van der Waals surface area contributed by atoms with Gasteiger partial charge in [0.1, 0.15) is 25.2 Å². The summed E-state index contributed by atoms with van der Waals surface area (Å²) >= 11 is 0. The minimum Gasteiger partial charge on any atom is -0.468 e. The number of amides is 3. The van der Waals surface area contributed by atoms with Gasteiger partial charge < -0.3 is 34.9 Å². The van der Waals surface area contributed by atoms with E-state index in [0.29, 0.717) is 0 Å². The van der Waals surface area contributed by atoms with E-state index in [1.165, 1.54) is 7.11 Å². The highest BCUT2D eigenvalue weighted by Gasteiger charge is 2.30. The first-order valence-corrected chi connectivity index (χ1v) is 11.6. The number of hydrogen-bond acceptors (Lipinski definition) is 8. The Hall–Kier alpha value is -3.18. The molecule has 0 saturated heterocycles. The SMILES string of the molecule is COC(=O)CNC(=O)[C@H](COC(C)(C)C)NC(=O)[C@H](COC(C)(C)C)NC(=O)OCc1ccccc1. The Bertz CT molecular complexity index is 862. The number of alkyl carbamates (subject to hydrolysis) is 1. The van der Waals surface area contributed by atoms with Crippen LogP contribution in [0, 0.1) is 0 Å². The van der Waals surface area contributed by atoms with Crippen LogP contribution in [0.25, 0.3) is 0 Å². The lowest BCUT2D eigenvalue weighted by atomic mass is 10.1. The molecule has 0 aliphatic heterocycles. The zero-order valence-corrected chi connectivity index (χ0v) is 22.1. The van der Waals surface area contributed by atoms with Crippen molar-refractivity contribution in [3.05, 3.63) is 35.9 Å². The smallest absolute Gasteiger partial charge is 0.408 e. The molecule has 1 aromatic rings. The number of carbonyl (C=O) groups excluding carboxylic acids is 4. The van der Waals surface area contributed by atoms with Gasteiger partial charge in [-0.2, -0.15) is 0 Å². The molecular formula is C25H39N3O8. The van der Waals surface area contributed by atoms with Crippen molar-refractivity contribution in [2.75, 3.05) is 26.9 Å².